The monoisotopic (exact) mass is 390 g/mol. The maximum Gasteiger partial charge on any atom is 0.0670 e. The minimum atomic E-state index is 0.583. The lowest BCUT2D eigenvalue weighted by Crippen LogP contribution is -2.44. The maximum atomic E-state index is 6.52. The summed E-state index contributed by atoms with van der Waals surface area (Å²) in [7, 11) is 0. The van der Waals surface area contributed by atoms with Crippen LogP contribution in [0.2, 0.25) is 10.0 Å². The van der Waals surface area contributed by atoms with Crippen LogP contribution in [0.1, 0.15) is 24.3 Å². The molecule has 2 aromatic carbocycles. The summed E-state index contributed by atoms with van der Waals surface area (Å²) in [5.41, 5.74) is 5.22. The van der Waals surface area contributed by atoms with E-state index >= 15 is 0 Å². The summed E-state index contributed by atoms with van der Waals surface area (Å²) in [5.74, 6) is 1.77. The smallest absolute Gasteiger partial charge is 0.0670 e. The predicted octanol–water partition coefficient (Wildman–Crippen LogP) is 5.42. The third-order valence-corrected chi connectivity index (χ3v) is 7.63. The lowest BCUT2D eigenvalue weighted by molar-refractivity contribution is 0.403. The molecule has 2 nitrogen and oxygen atoms in total. The van der Waals surface area contributed by atoms with E-state index in [-0.39, 0.29) is 0 Å². The van der Waals surface area contributed by atoms with Gasteiger partial charge in [-0.25, -0.2) is 0 Å². The van der Waals surface area contributed by atoms with Crippen LogP contribution in [0.5, 0.6) is 0 Å². The Bertz CT molecular complexity index is 839. The molecule has 0 aliphatic carbocycles. The highest BCUT2D eigenvalue weighted by Gasteiger charge is 2.41. The number of halogens is 2. The third-order valence-electron chi connectivity index (χ3n) is 5.70. The van der Waals surface area contributed by atoms with Crippen molar-refractivity contribution in [2.24, 2.45) is 0 Å². The molecule has 3 aliphatic rings. The van der Waals surface area contributed by atoms with E-state index < -0.39 is 0 Å². The molecule has 2 atom stereocenters. The number of nitrogens with one attached hydrogen (secondary N) is 1. The second kappa shape index (κ2) is 6.38. The van der Waals surface area contributed by atoms with Gasteiger partial charge in [-0.1, -0.05) is 35.3 Å². The van der Waals surface area contributed by atoms with Crippen LogP contribution in [0.3, 0.4) is 0 Å². The van der Waals surface area contributed by atoms with Crippen LogP contribution in [0.4, 0.5) is 5.69 Å². The average Bonchev–Trinajstić information content (AvgIpc) is 2.79. The molecule has 2 aromatic rings. The average molecular weight is 391 g/mol. The Morgan fingerprint density at radius 2 is 2.12 bits per heavy atom. The zero-order chi connectivity index (χ0) is 17.0. The van der Waals surface area contributed by atoms with Crippen molar-refractivity contribution >= 4 is 40.7 Å². The molecule has 0 spiro atoms. The van der Waals surface area contributed by atoms with Gasteiger partial charge in [0.1, 0.15) is 0 Å². The van der Waals surface area contributed by atoms with E-state index in [1.807, 2.05) is 23.9 Å². The standard InChI is InChI=1S/C20H20Cl2N2S/c21-16-4-1-3-13(19(16)22)12-9-14-15-11-23-6-5-17(15)24-7-2-8-25-18(10-12)20(14)24/h1,3-4,9-10,15,17,23H,2,5-8,11H2. The van der Waals surface area contributed by atoms with Crippen LogP contribution >= 0.6 is 35.0 Å². The molecule has 0 bridgehead atoms. The summed E-state index contributed by atoms with van der Waals surface area (Å²) in [5, 5.41) is 4.87. The SMILES string of the molecule is Clc1cccc(-c2cc3c4c(c2)C2CNCCC2N4CCCS3)c1Cl. The van der Waals surface area contributed by atoms with Crippen molar-refractivity contribution < 1.29 is 0 Å². The molecule has 0 amide bonds. The molecular formula is C20H20Cl2N2S. The zero-order valence-corrected chi connectivity index (χ0v) is 16.2. The Hall–Kier alpha value is -0.870. The minimum Gasteiger partial charge on any atom is -0.367 e. The summed E-state index contributed by atoms with van der Waals surface area (Å²) in [6, 6.07) is 11.3. The highest BCUT2D eigenvalue weighted by Crippen LogP contribution is 2.51. The largest absolute Gasteiger partial charge is 0.367 e. The van der Waals surface area contributed by atoms with Crippen LogP contribution in [0, 0.1) is 0 Å². The molecule has 3 aliphatic heterocycles. The fraction of sp³-hybridized carbons (Fsp3) is 0.400. The lowest BCUT2D eigenvalue weighted by Gasteiger charge is -2.33. The number of nitrogens with zero attached hydrogens (tertiary/aromatic N) is 1. The fourth-order valence-electron chi connectivity index (χ4n) is 4.61. The van der Waals surface area contributed by atoms with E-state index in [4.69, 9.17) is 23.2 Å². The number of fused-ring (bicyclic) bond motifs is 3. The Labute approximate surface area is 162 Å². The summed E-state index contributed by atoms with van der Waals surface area (Å²) in [6.45, 7) is 3.39. The topological polar surface area (TPSA) is 15.3 Å². The molecule has 0 saturated carbocycles. The maximum absolute atomic E-state index is 6.52. The Morgan fingerprint density at radius 3 is 3.04 bits per heavy atom. The number of benzene rings is 2. The van der Waals surface area contributed by atoms with Gasteiger partial charge in [0.25, 0.3) is 0 Å². The normalized spacial score (nSPS) is 24.6. The van der Waals surface area contributed by atoms with Gasteiger partial charge in [-0.2, -0.15) is 0 Å². The number of thioether (sulfide) groups is 1. The molecule has 130 valence electrons. The number of anilines is 1. The first kappa shape index (κ1) is 16.3. The molecule has 25 heavy (non-hydrogen) atoms. The van der Waals surface area contributed by atoms with E-state index in [1.165, 1.54) is 46.8 Å². The van der Waals surface area contributed by atoms with Gasteiger partial charge >= 0.3 is 0 Å². The van der Waals surface area contributed by atoms with Crippen molar-refractivity contribution in [1.29, 1.82) is 0 Å². The molecular weight excluding hydrogens is 371 g/mol. The summed E-state index contributed by atoms with van der Waals surface area (Å²) in [4.78, 5) is 4.11. The van der Waals surface area contributed by atoms with Crippen molar-refractivity contribution in [2.45, 2.75) is 29.7 Å². The molecule has 0 aromatic heterocycles. The molecule has 2 unspecified atom stereocenters. The van der Waals surface area contributed by atoms with Crippen molar-refractivity contribution in [3.63, 3.8) is 0 Å². The second-order valence-electron chi connectivity index (χ2n) is 7.08. The minimum absolute atomic E-state index is 0.583. The van der Waals surface area contributed by atoms with Gasteiger partial charge in [0, 0.05) is 35.5 Å². The summed E-state index contributed by atoms with van der Waals surface area (Å²) < 4.78 is 0. The molecule has 5 rings (SSSR count). The molecule has 1 saturated heterocycles. The van der Waals surface area contributed by atoms with Crippen LogP contribution in [-0.2, 0) is 0 Å². The Balaban J connectivity index is 1.70. The quantitative estimate of drug-likeness (QED) is 0.699. The third kappa shape index (κ3) is 2.59. The van der Waals surface area contributed by atoms with Crippen molar-refractivity contribution in [2.75, 3.05) is 30.3 Å². The van der Waals surface area contributed by atoms with Gasteiger partial charge in [-0.3, -0.25) is 0 Å². The number of rotatable bonds is 1. The van der Waals surface area contributed by atoms with E-state index in [0.717, 1.165) is 18.7 Å². The lowest BCUT2D eigenvalue weighted by atomic mass is 9.88. The second-order valence-corrected chi connectivity index (χ2v) is 9.00. The predicted molar refractivity (Wildman–Crippen MR) is 109 cm³/mol. The van der Waals surface area contributed by atoms with Gasteiger partial charge in [-0.05, 0) is 54.5 Å². The summed E-state index contributed by atoms with van der Waals surface area (Å²) >= 11 is 14.8. The number of hydrogen-bond acceptors (Lipinski definition) is 3. The summed E-state index contributed by atoms with van der Waals surface area (Å²) in [6.07, 6.45) is 2.49. The molecule has 1 N–H and O–H groups in total. The zero-order valence-electron chi connectivity index (χ0n) is 13.9. The highest BCUT2D eigenvalue weighted by molar-refractivity contribution is 7.99. The van der Waals surface area contributed by atoms with Crippen molar-refractivity contribution in [3.05, 3.63) is 45.9 Å². The molecule has 5 heteroatoms. The molecule has 0 radical (unpaired) electrons. The van der Waals surface area contributed by atoms with Crippen LogP contribution in [0.15, 0.2) is 35.2 Å². The van der Waals surface area contributed by atoms with Gasteiger partial charge in [0.2, 0.25) is 0 Å². The highest BCUT2D eigenvalue weighted by atomic mass is 35.5. The van der Waals surface area contributed by atoms with Crippen LogP contribution < -0.4 is 10.2 Å². The van der Waals surface area contributed by atoms with E-state index in [0.29, 0.717) is 22.0 Å². The first-order chi connectivity index (χ1) is 12.2. The number of piperidine rings is 1. The van der Waals surface area contributed by atoms with Gasteiger partial charge in [-0.15, -0.1) is 11.8 Å². The van der Waals surface area contributed by atoms with E-state index in [2.05, 4.69) is 28.4 Å². The fourth-order valence-corrected chi connectivity index (χ4v) is 6.09. The van der Waals surface area contributed by atoms with Gasteiger partial charge < -0.3 is 10.2 Å². The van der Waals surface area contributed by atoms with Crippen LogP contribution in [0.25, 0.3) is 11.1 Å². The van der Waals surface area contributed by atoms with Crippen molar-refractivity contribution in [1.82, 2.24) is 5.32 Å². The molecule has 3 heterocycles. The Kier molecular flexibility index (Phi) is 4.16. The molecule has 1 fully saturated rings. The van der Waals surface area contributed by atoms with E-state index in [1.54, 1.807) is 0 Å². The van der Waals surface area contributed by atoms with Crippen LogP contribution in [-0.4, -0.2) is 31.4 Å². The Morgan fingerprint density at radius 1 is 1.20 bits per heavy atom. The number of hydrogen-bond donors (Lipinski definition) is 1. The van der Waals surface area contributed by atoms with Gasteiger partial charge in [0.05, 0.1) is 15.7 Å². The van der Waals surface area contributed by atoms with Crippen molar-refractivity contribution in [3.8, 4) is 11.1 Å². The first-order valence-electron chi connectivity index (χ1n) is 8.96. The van der Waals surface area contributed by atoms with E-state index in [9.17, 15) is 0 Å². The van der Waals surface area contributed by atoms with Gasteiger partial charge in [0.15, 0.2) is 0 Å². The first-order valence-corrected chi connectivity index (χ1v) is 10.7.